The quantitative estimate of drug-likeness (QED) is 0.296. The van der Waals surface area contributed by atoms with Gasteiger partial charge in [-0.25, -0.2) is 4.98 Å². The lowest BCUT2D eigenvalue weighted by molar-refractivity contribution is -0.120. The maximum absolute atomic E-state index is 11.2. The number of thiazole rings is 1. The maximum Gasteiger partial charge on any atom is 0.227 e. The third-order valence-corrected chi connectivity index (χ3v) is 2.51. The monoisotopic (exact) mass is 228 g/mol. The molecule has 0 bridgehead atoms. The van der Waals surface area contributed by atoms with Gasteiger partial charge in [-0.3, -0.25) is 4.79 Å². The van der Waals surface area contributed by atoms with Crippen LogP contribution in [0.4, 0.5) is 0 Å². The second-order valence-electron chi connectivity index (χ2n) is 2.89. The number of nitrogens with one attached hydrogen (secondary N) is 1. The summed E-state index contributed by atoms with van der Waals surface area (Å²) in [5.74, 6) is -0.385. The smallest absolute Gasteiger partial charge is 0.227 e. The van der Waals surface area contributed by atoms with Crippen LogP contribution in [0.3, 0.4) is 0 Å². The molecule has 0 aliphatic heterocycles. The molecular formula is C8H12N4O2S. The largest absolute Gasteiger partial charge is 0.409 e. The van der Waals surface area contributed by atoms with E-state index in [9.17, 15) is 4.79 Å². The van der Waals surface area contributed by atoms with E-state index < -0.39 is 0 Å². The summed E-state index contributed by atoms with van der Waals surface area (Å²) in [6, 6.07) is 0. The Bertz CT molecular complexity index is 374. The third-order valence-electron chi connectivity index (χ3n) is 1.60. The van der Waals surface area contributed by atoms with Crippen molar-refractivity contribution in [2.45, 2.75) is 19.9 Å². The number of nitrogens with zero attached hydrogens (tertiary/aromatic N) is 2. The molecule has 0 fully saturated rings. The molecule has 6 nitrogen and oxygen atoms in total. The van der Waals surface area contributed by atoms with Gasteiger partial charge >= 0.3 is 0 Å². The number of hydrogen-bond acceptors (Lipinski definition) is 5. The normalized spacial score (nSPS) is 11.4. The summed E-state index contributed by atoms with van der Waals surface area (Å²) >= 11 is 1.52. The Labute approximate surface area is 90.8 Å². The highest BCUT2D eigenvalue weighted by atomic mass is 32.1. The average Bonchev–Trinajstić information content (AvgIpc) is 2.61. The number of nitrogens with two attached hydrogens (primary N) is 1. The number of oxime groups is 1. The second kappa shape index (κ2) is 5.30. The summed E-state index contributed by atoms with van der Waals surface area (Å²) in [5.41, 5.74) is 5.18. The third kappa shape index (κ3) is 3.94. The number of aryl methyl sites for hydroxylation is 1. The van der Waals surface area contributed by atoms with Crippen LogP contribution in [0.2, 0.25) is 0 Å². The fourth-order valence-electron chi connectivity index (χ4n) is 0.935. The van der Waals surface area contributed by atoms with Crippen LogP contribution in [0, 0.1) is 6.92 Å². The molecule has 82 valence electrons. The number of rotatable bonds is 4. The van der Waals surface area contributed by atoms with Crippen molar-refractivity contribution in [3.63, 3.8) is 0 Å². The molecule has 0 saturated heterocycles. The molecule has 0 aliphatic carbocycles. The zero-order valence-corrected chi connectivity index (χ0v) is 9.04. The van der Waals surface area contributed by atoms with E-state index in [0.29, 0.717) is 6.54 Å². The summed E-state index contributed by atoms with van der Waals surface area (Å²) in [4.78, 5) is 16.2. The van der Waals surface area contributed by atoms with E-state index in [2.05, 4.69) is 15.5 Å². The Kier molecular flexibility index (Phi) is 4.04. The SMILES string of the molecule is Cc1ncc(CNC(=O)C/C(N)=N/O)s1. The van der Waals surface area contributed by atoms with Gasteiger partial charge in [-0.2, -0.15) is 0 Å². The van der Waals surface area contributed by atoms with Gasteiger partial charge in [0, 0.05) is 11.1 Å². The first-order valence-electron chi connectivity index (χ1n) is 4.26. The van der Waals surface area contributed by atoms with Gasteiger partial charge in [0.05, 0.1) is 18.0 Å². The summed E-state index contributed by atoms with van der Waals surface area (Å²) in [5, 5.41) is 14.6. The van der Waals surface area contributed by atoms with Crippen molar-refractivity contribution in [3.05, 3.63) is 16.1 Å². The lowest BCUT2D eigenvalue weighted by atomic mass is 10.3. The van der Waals surface area contributed by atoms with Gasteiger partial charge < -0.3 is 16.3 Å². The molecule has 0 aliphatic rings. The van der Waals surface area contributed by atoms with E-state index >= 15 is 0 Å². The first-order chi connectivity index (χ1) is 7.11. The van der Waals surface area contributed by atoms with E-state index in [4.69, 9.17) is 10.9 Å². The fourth-order valence-corrected chi connectivity index (χ4v) is 1.67. The molecule has 4 N–H and O–H groups in total. The molecule has 7 heteroatoms. The highest BCUT2D eigenvalue weighted by Gasteiger charge is 2.05. The molecule has 0 spiro atoms. The fraction of sp³-hybridized carbons (Fsp3) is 0.375. The summed E-state index contributed by atoms with van der Waals surface area (Å²) in [7, 11) is 0. The molecular weight excluding hydrogens is 216 g/mol. The van der Waals surface area contributed by atoms with Crippen LogP contribution < -0.4 is 11.1 Å². The van der Waals surface area contributed by atoms with E-state index in [1.165, 1.54) is 11.3 Å². The number of amidine groups is 1. The van der Waals surface area contributed by atoms with E-state index in [0.717, 1.165) is 9.88 Å². The van der Waals surface area contributed by atoms with Crippen molar-refractivity contribution >= 4 is 23.1 Å². The lowest BCUT2D eigenvalue weighted by Crippen LogP contribution is -2.27. The maximum atomic E-state index is 11.2. The number of amides is 1. The summed E-state index contributed by atoms with van der Waals surface area (Å²) in [6.45, 7) is 2.31. The molecule has 1 aromatic heterocycles. The predicted molar refractivity (Wildman–Crippen MR) is 56.7 cm³/mol. The molecule has 1 rings (SSSR count). The Hall–Kier alpha value is -1.63. The highest BCUT2D eigenvalue weighted by molar-refractivity contribution is 7.11. The topological polar surface area (TPSA) is 101 Å². The standard InChI is InChI=1S/C8H12N4O2S/c1-5-10-3-6(15-5)4-11-8(13)2-7(9)12-14/h3,14H,2,4H2,1H3,(H2,9,12)(H,11,13). The summed E-state index contributed by atoms with van der Waals surface area (Å²) < 4.78 is 0. The van der Waals surface area contributed by atoms with E-state index in [-0.39, 0.29) is 18.2 Å². The highest BCUT2D eigenvalue weighted by Crippen LogP contribution is 2.10. The van der Waals surface area contributed by atoms with Gasteiger partial charge in [0.15, 0.2) is 0 Å². The molecule has 0 saturated carbocycles. The molecule has 0 radical (unpaired) electrons. The molecule has 1 amide bonds. The number of carbonyl (C=O) groups excluding carboxylic acids is 1. The Morgan fingerprint density at radius 2 is 2.53 bits per heavy atom. The minimum absolute atomic E-state index is 0.103. The molecule has 1 aromatic rings. The molecule has 0 unspecified atom stereocenters. The molecule has 15 heavy (non-hydrogen) atoms. The van der Waals surface area contributed by atoms with Crippen molar-refractivity contribution in [2.24, 2.45) is 10.9 Å². The van der Waals surface area contributed by atoms with Crippen molar-refractivity contribution in [1.82, 2.24) is 10.3 Å². The zero-order valence-electron chi connectivity index (χ0n) is 8.23. The van der Waals surface area contributed by atoms with Crippen molar-refractivity contribution in [3.8, 4) is 0 Å². The first-order valence-corrected chi connectivity index (χ1v) is 5.08. The predicted octanol–water partition coefficient (Wildman–Crippen LogP) is 0.204. The second-order valence-corrected chi connectivity index (χ2v) is 4.21. The van der Waals surface area contributed by atoms with Crippen LogP contribution in [0.25, 0.3) is 0 Å². The van der Waals surface area contributed by atoms with Gasteiger partial charge in [0.2, 0.25) is 5.91 Å². The minimum Gasteiger partial charge on any atom is -0.409 e. The molecule has 1 heterocycles. The van der Waals surface area contributed by atoms with Gasteiger partial charge in [-0.15, -0.1) is 11.3 Å². The van der Waals surface area contributed by atoms with E-state index in [1.54, 1.807) is 6.20 Å². The Balaban J connectivity index is 2.34. The van der Waals surface area contributed by atoms with Crippen molar-refractivity contribution < 1.29 is 10.0 Å². The Morgan fingerprint density at radius 3 is 3.07 bits per heavy atom. The Morgan fingerprint density at radius 1 is 1.80 bits per heavy atom. The van der Waals surface area contributed by atoms with Gasteiger partial charge in [0.1, 0.15) is 5.84 Å². The first kappa shape index (κ1) is 11.4. The number of carbonyl (C=O) groups is 1. The van der Waals surface area contributed by atoms with Crippen LogP contribution >= 0.6 is 11.3 Å². The summed E-state index contributed by atoms with van der Waals surface area (Å²) in [6.07, 6.45) is 1.61. The van der Waals surface area contributed by atoms with Crippen LogP contribution in [0.15, 0.2) is 11.4 Å². The minimum atomic E-state index is -0.281. The molecule has 0 aromatic carbocycles. The van der Waals surface area contributed by atoms with Gasteiger partial charge in [-0.1, -0.05) is 5.16 Å². The van der Waals surface area contributed by atoms with Crippen LogP contribution in [-0.4, -0.2) is 21.9 Å². The average molecular weight is 228 g/mol. The van der Waals surface area contributed by atoms with Gasteiger partial charge in [-0.05, 0) is 6.92 Å². The molecule has 0 atom stereocenters. The van der Waals surface area contributed by atoms with Crippen LogP contribution in [0.5, 0.6) is 0 Å². The van der Waals surface area contributed by atoms with Crippen LogP contribution in [-0.2, 0) is 11.3 Å². The number of hydrogen-bond donors (Lipinski definition) is 3. The number of aromatic nitrogens is 1. The zero-order chi connectivity index (χ0) is 11.3. The van der Waals surface area contributed by atoms with Crippen LogP contribution in [0.1, 0.15) is 16.3 Å². The van der Waals surface area contributed by atoms with Gasteiger partial charge in [0.25, 0.3) is 0 Å². The van der Waals surface area contributed by atoms with Crippen molar-refractivity contribution in [2.75, 3.05) is 0 Å². The van der Waals surface area contributed by atoms with Crippen molar-refractivity contribution in [1.29, 1.82) is 0 Å². The van der Waals surface area contributed by atoms with E-state index in [1.807, 2.05) is 6.92 Å². The lowest BCUT2D eigenvalue weighted by Gasteiger charge is -2.01.